The molecular formula is C22H20N4O3. The summed E-state index contributed by atoms with van der Waals surface area (Å²) in [6, 6.07) is 17.1. The predicted molar refractivity (Wildman–Crippen MR) is 110 cm³/mol. The zero-order valence-corrected chi connectivity index (χ0v) is 15.6. The van der Waals surface area contributed by atoms with E-state index < -0.39 is 0 Å². The van der Waals surface area contributed by atoms with Gasteiger partial charge in [0, 0.05) is 29.5 Å². The molecule has 0 atom stereocenters. The van der Waals surface area contributed by atoms with Crippen molar-refractivity contribution in [1.29, 1.82) is 0 Å². The number of rotatable bonds is 4. The van der Waals surface area contributed by atoms with E-state index in [1.807, 2.05) is 30.3 Å². The number of nitrogen functional groups attached to an aromatic ring is 1. The van der Waals surface area contributed by atoms with Crippen LogP contribution in [0.3, 0.4) is 0 Å². The third-order valence-electron chi connectivity index (χ3n) is 5.11. The Morgan fingerprint density at radius 3 is 2.55 bits per heavy atom. The molecular weight excluding hydrogens is 368 g/mol. The summed E-state index contributed by atoms with van der Waals surface area (Å²) >= 11 is 0. The zero-order chi connectivity index (χ0) is 19.8. The van der Waals surface area contributed by atoms with Crippen LogP contribution in [0, 0.1) is 0 Å². The van der Waals surface area contributed by atoms with Crippen LogP contribution in [0.1, 0.15) is 21.6 Å². The Hall–Kier alpha value is -3.74. The van der Waals surface area contributed by atoms with Gasteiger partial charge in [0.1, 0.15) is 11.5 Å². The summed E-state index contributed by atoms with van der Waals surface area (Å²) in [5.41, 5.74) is 10.1. The van der Waals surface area contributed by atoms with Crippen molar-refractivity contribution in [3.05, 3.63) is 71.4 Å². The van der Waals surface area contributed by atoms with Crippen molar-refractivity contribution in [3.63, 3.8) is 0 Å². The number of benzene rings is 2. The smallest absolute Gasteiger partial charge is 0.270 e. The summed E-state index contributed by atoms with van der Waals surface area (Å²) in [4.78, 5) is 17.2. The van der Waals surface area contributed by atoms with E-state index in [0.29, 0.717) is 23.0 Å². The van der Waals surface area contributed by atoms with Crippen molar-refractivity contribution in [2.24, 2.45) is 0 Å². The van der Waals surface area contributed by atoms with Gasteiger partial charge in [-0.25, -0.2) is 4.98 Å². The maximum Gasteiger partial charge on any atom is 0.270 e. The van der Waals surface area contributed by atoms with E-state index in [1.54, 1.807) is 12.1 Å². The number of pyridine rings is 1. The number of anilines is 3. The fourth-order valence-corrected chi connectivity index (χ4v) is 3.77. The summed E-state index contributed by atoms with van der Waals surface area (Å²) in [5, 5.41) is 6.24. The molecule has 0 saturated heterocycles. The van der Waals surface area contributed by atoms with Gasteiger partial charge < -0.3 is 25.8 Å². The summed E-state index contributed by atoms with van der Waals surface area (Å²) in [5.74, 6) is 1.62. The maximum atomic E-state index is 12.8. The first-order valence-electron chi connectivity index (χ1n) is 9.46. The van der Waals surface area contributed by atoms with Crippen molar-refractivity contribution in [2.75, 3.05) is 17.8 Å². The summed E-state index contributed by atoms with van der Waals surface area (Å²) < 4.78 is 10.7. The molecule has 4 N–H and O–H groups in total. The van der Waals surface area contributed by atoms with Gasteiger partial charge in [-0.05, 0) is 42.2 Å². The standard InChI is InChI=1S/C22H20N4O3/c23-15-9-18(22(27)25-17-7-13-3-1-2-4-14(13)8-17)26-21(10-15)24-16-5-6-19-20(11-16)29-12-28-19/h1-6,9-11,17H,7-8,12H2,(H,25,27)(H3,23,24,26). The molecule has 2 aromatic carbocycles. The molecule has 3 aromatic rings. The first-order valence-corrected chi connectivity index (χ1v) is 9.46. The van der Waals surface area contributed by atoms with Crippen molar-refractivity contribution < 1.29 is 14.3 Å². The van der Waals surface area contributed by atoms with Crippen LogP contribution in [-0.2, 0) is 12.8 Å². The molecule has 146 valence electrons. The number of aromatic nitrogens is 1. The fourth-order valence-electron chi connectivity index (χ4n) is 3.77. The molecule has 7 nitrogen and oxygen atoms in total. The molecule has 1 aliphatic heterocycles. The highest BCUT2D eigenvalue weighted by atomic mass is 16.7. The minimum Gasteiger partial charge on any atom is -0.454 e. The lowest BCUT2D eigenvalue weighted by molar-refractivity contribution is 0.0933. The normalized spacial score (nSPS) is 14.5. The first-order chi connectivity index (χ1) is 14.1. The zero-order valence-electron chi connectivity index (χ0n) is 15.6. The Labute approximate surface area is 167 Å². The molecule has 0 radical (unpaired) electrons. The Bertz CT molecular complexity index is 1070. The van der Waals surface area contributed by atoms with Crippen LogP contribution in [0.15, 0.2) is 54.6 Å². The largest absolute Gasteiger partial charge is 0.454 e. The number of hydrogen-bond acceptors (Lipinski definition) is 6. The molecule has 7 heteroatoms. The minimum absolute atomic E-state index is 0.0633. The van der Waals surface area contributed by atoms with Crippen LogP contribution < -0.4 is 25.8 Å². The number of carbonyl (C=O) groups is 1. The second-order valence-corrected chi connectivity index (χ2v) is 7.21. The van der Waals surface area contributed by atoms with E-state index in [1.165, 1.54) is 11.1 Å². The van der Waals surface area contributed by atoms with Gasteiger partial charge in [0.2, 0.25) is 6.79 Å². The fraction of sp³-hybridized carbons (Fsp3) is 0.182. The average Bonchev–Trinajstić information content (AvgIpc) is 3.33. The molecule has 29 heavy (non-hydrogen) atoms. The number of fused-ring (bicyclic) bond motifs is 2. The first kappa shape index (κ1) is 17.4. The SMILES string of the molecule is Nc1cc(Nc2ccc3c(c2)OCO3)nc(C(=O)NC2Cc3ccccc3C2)c1. The maximum absolute atomic E-state index is 12.8. The lowest BCUT2D eigenvalue weighted by atomic mass is 10.1. The molecule has 0 bridgehead atoms. The van der Waals surface area contributed by atoms with Crippen molar-refractivity contribution in [1.82, 2.24) is 10.3 Å². The van der Waals surface area contributed by atoms with E-state index in [0.717, 1.165) is 18.5 Å². The van der Waals surface area contributed by atoms with E-state index in [9.17, 15) is 4.79 Å². The topological polar surface area (TPSA) is 98.5 Å². The second-order valence-electron chi connectivity index (χ2n) is 7.21. The highest BCUT2D eigenvalue weighted by Gasteiger charge is 2.23. The van der Waals surface area contributed by atoms with Crippen LogP contribution in [-0.4, -0.2) is 23.7 Å². The third kappa shape index (κ3) is 3.54. The molecule has 2 heterocycles. The van der Waals surface area contributed by atoms with Gasteiger partial charge in [0.05, 0.1) is 0 Å². The van der Waals surface area contributed by atoms with Crippen molar-refractivity contribution >= 4 is 23.1 Å². The van der Waals surface area contributed by atoms with Crippen LogP contribution in [0.25, 0.3) is 0 Å². The number of amides is 1. The Balaban J connectivity index is 1.31. The van der Waals surface area contributed by atoms with Gasteiger partial charge in [-0.1, -0.05) is 24.3 Å². The number of carbonyl (C=O) groups excluding carboxylic acids is 1. The molecule has 0 unspecified atom stereocenters. The van der Waals surface area contributed by atoms with Gasteiger partial charge in [-0.2, -0.15) is 0 Å². The molecule has 1 amide bonds. The van der Waals surface area contributed by atoms with Gasteiger partial charge in [-0.3, -0.25) is 4.79 Å². The summed E-state index contributed by atoms with van der Waals surface area (Å²) in [7, 11) is 0. The van der Waals surface area contributed by atoms with E-state index in [4.69, 9.17) is 15.2 Å². The number of nitrogens with two attached hydrogens (primary N) is 1. The highest BCUT2D eigenvalue weighted by molar-refractivity contribution is 5.94. The summed E-state index contributed by atoms with van der Waals surface area (Å²) in [6.07, 6.45) is 1.65. The van der Waals surface area contributed by atoms with Gasteiger partial charge in [0.15, 0.2) is 11.5 Å². The average molecular weight is 388 g/mol. The molecule has 1 aliphatic carbocycles. The molecule has 0 saturated carbocycles. The Morgan fingerprint density at radius 1 is 1.00 bits per heavy atom. The quantitative estimate of drug-likeness (QED) is 0.635. The Morgan fingerprint density at radius 2 is 1.76 bits per heavy atom. The lowest BCUT2D eigenvalue weighted by Crippen LogP contribution is -2.35. The van der Waals surface area contributed by atoms with Crippen LogP contribution >= 0.6 is 0 Å². The summed E-state index contributed by atoms with van der Waals surface area (Å²) in [6.45, 7) is 0.213. The lowest BCUT2D eigenvalue weighted by Gasteiger charge is -2.13. The molecule has 2 aliphatic rings. The predicted octanol–water partition coefficient (Wildman–Crippen LogP) is 3.03. The number of nitrogens with one attached hydrogen (secondary N) is 2. The number of ether oxygens (including phenoxy) is 2. The number of nitrogens with zero attached hydrogens (tertiary/aromatic N) is 1. The van der Waals surface area contributed by atoms with Crippen LogP contribution in [0.5, 0.6) is 11.5 Å². The van der Waals surface area contributed by atoms with E-state index >= 15 is 0 Å². The molecule has 0 spiro atoms. The number of hydrogen-bond donors (Lipinski definition) is 3. The van der Waals surface area contributed by atoms with Gasteiger partial charge in [0.25, 0.3) is 5.91 Å². The monoisotopic (exact) mass is 388 g/mol. The van der Waals surface area contributed by atoms with E-state index in [-0.39, 0.29) is 24.4 Å². The third-order valence-corrected chi connectivity index (χ3v) is 5.11. The van der Waals surface area contributed by atoms with Crippen LogP contribution in [0.2, 0.25) is 0 Å². The highest BCUT2D eigenvalue weighted by Crippen LogP contribution is 2.35. The van der Waals surface area contributed by atoms with Crippen molar-refractivity contribution in [2.45, 2.75) is 18.9 Å². The van der Waals surface area contributed by atoms with Crippen LogP contribution in [0.4, 0.5) is 17.2 Å². The van der Waals surface area contributed by atoms with E-state index in [2.05, 4.69) is 27.8 Å². The van der Waals surface area contributed by atoms with Gasteiger partial charge >= 0.3 is 0 Å². The van der Waals surface area contributed by atoms with Gasteiger partial charge in [-0.15, -0.1) is 0 Å². The second kappa shape index (κ2) is 7.01. The molecule has 0 fully saturated rings. The minimum atomic E-state index is -0.233. The molecule has 5 rings (SSSR count). The Kier molecular flexibility index (Phi) is 4.20. The van der Waals surface area contributed by atoms with Crippen molar-refractivity contribution in [3.8, 4) is 11.5 Å². The molecule has 1 aromatic heterocycles.